The molecule has 0 unspecified atom stereocenters. The molecule has 12 heteroatoms. The van der Waals surface area contributed by atoms with Gasteiger partial charge in [-0.05, 0) is 35.9 Å². The molecule has 0 aliphatic heterocycles. The zero-order chi connectivity index (χ0) is 25.9. The first-order valence-corrected chi connectivity index (χ1v) is 12.5. The lowest BCUT2D eigenvalue weighted by atomic mass is 10.0. The number of aromatic nitrogens is 6. The molecule has 4 heterocycles. The fourth-order valence-corrected chi connectivity index (χ4v) is 4.74. The van der Waals surface area contributed by atoms with E-state index in [4.69, 9.17) is 46.3 Å². The van der Waals surface area contributed by atoms with E-state index in [2.05, 4.69) is 24.9 Å². The smallest absolute Gasteiger partial charge is 0.254 e. The SMILES string of the molecule is ClC1=CCc2nc(Cl)nc(-n3cccc3)c2C1.NC(N)=Nc1nc2c(c(-n3cccc3)n1)CC(Cl)=CC2. The highest BCUT2D eigenvalue weighted by atomic mass is 35.5. The van der Waals surface area contributed by atoms with Gasteiger partial charge in [0, 0.05) is 71.7 Å². The second-order valence-electron chi connectivity index (χ2n) is 8.30. The van der Waals surface area contributed by atoms with Crippen molar-refractivity contribution in [2.24, 2.45) is 16.5 Å². The predicted molar refractivity (Wildman–Crippen MR) is 146 cm³/mol. The average Bonchev–Trinajstić information content (AvgIpc) is 3.58. The number of halogens is 3. The third-order valence-corrected chi connectivity index (χ3v) is 6.50. The molecule has 0 atom stereocenters. The standard InChI is InChI=1S/C13H13ClN6.C12H9Cl2N3/c14-8-3-4-10-9(7-8)11(20-5-1-2-6-20)18-13(17-10)19-12(15)16;13-8-3-4-10-9(7-8)11(16-12(14)15-10)17-5-1-2-6-17/h1-3,5-6H,4,7H2,(H4,15,16,17,18,19);1-3,5-6H,4,7H2. The Hall–Kier alpha value is -3.66. The normalized spacial score (nSPS) is 13.9. The van der Waals surface area contributed by atoms with Crippen LogP contribution in [0.15, 0.2) is 76.3 Å². The molecular formula is C25H22Cl3N9. The van der Waals surface area contributed by atoms with Gasteiger partial charge in [0.05, 0.1) is 11.4 Å². The number of nitrogens with two attached hydrogens (primary N) is 2. The van der Waals surface area contributed by atoms with Crippen molar-refractivity contribution in [2.75, 3.05) is 0 Å². The van der Waals surface area contributed by atoms with Crippen LogP contribution in [0.5, 0.6) is 0 Å². The molecule has 0 fully saturated rings. The summed E-state index contributed by atoms with van der Waals surface area (Å²) in [5.74, 6) is 1.77. The summed E-state index contributed by atoms with van der Waals surface area (Å²) in [6.45, 7) is 0. The molecule has 2 aliphatic rings. The Kier molecular flexibility index (Phi) is 7.27. The van der Waals surface area contributed by atoms with Gasteiger partial charge in [-0.1, -0.05) is 35.4 Å². The second-order valence-corrected chi connectivity index (χ2v) is 9.60. The molecule has 0 aromatic carbocycles. The van der Waals surface area contributed by atoms with Crippen molar-refractivity contribution in [1.29, 1.82) is 0 Å². The molecule has 188 valence electrons. The van der Waals surface area contributed by atoms with Crippen LogP contribution in [0.2, 0.25) is 5.28 Å². The second kappa shape index (κ2) is 10.8. The molecular weight excluding hydrogens is 533 g/mol. The fraction of sp³-hybridized carbons (Fsp3) is 0.160. The van der Waals surface area contributed by atoms with Crippen molar-refractivity contribution < 1.29 is 0 Å². The zero-order valence-electron chi connectivity index (χ0n) is 19.5. The minimum atomic E-state index is -0.0622. The number of hydrogen-bond donors (Lipinski definition) is 2. The van der Waals surface area contributed by atoms with E-state index in [-0.39, 0.29) is 17.2 Å². The molecule has 6 rings (SSSR count). The molecule has 4 N–H and O–H groups in total. The Morgan fingerprint density at radius 3 is 1.70 bits per heavy atom. The largest absolute Gasteiger partial charge is 0.370 e. The van der Waals surface area contributed by atoms with Crippen molar-refractivity contribution >= 4 is 46.7 Å². The first-order chi connectivity index (χ1) is 17.9. The first-order valence-electron chi connectivity index (χ1n) is 11.4. The molecule has 9 nitrogen and oxygen atoms in total. The van der Waals surface area contributed by atoms with E-state index >= 15 is 0 Å². The molecule has 0 radical (unpaired) electrons. The highest BCUT2D eigenvalue weighted by molar-refractivity contribution is 6.30. The Bertz CT molecular complexity index is 1520. The van der Waals surface area contributed by atoms with Gasteiger partial charge in [-0.3, -0.25) is 0 Å². The summed E-state index contributed by atoms with van der Waals surface area (Å²) in [6, 6.07) is 7.75. The van der Waals surface area contributed by atoms with Crippen LogP contribution in [-0.4, -0.2) is 35.0 Å². The third kappa shape index (κ3) is 5.69. The van der Waals surface area contributed by atoms with Crippen LogP contribution in [0.25, 0.3) is 11.6 Å². The summed E-state index contributed by atoms with van der Waals surface area (Å²) in [4.78, 5) is 21.3. The number of nitrogens with zero attached hydrogens (tertiary/aromatic N) is 7. The number of rotatable bonds is 3. The van der Waals surface area contributed by atoms with Crippen LogP contribution in [0.4, 0.5) is 5.95 Å². The Morgan fingerprint density at radius 1 is 0.703 bits per heavy atom. The lowest BCUT2D eigenvalue weighted by Gasteiger charge is -2.17. The van der Waals surface area contributed by atoms with E-state index in [1.165, 1.54) is 0 Å². The van der Waals surface area contributed by atoms with Crippen molar-refractivity contribution in [2.45, 2.75) is 25.7 Å². The maximum atomic E-state index is 6.13. The summed E-state index contributed by atoms with van der Waals surface area (Å²) in [5.41, 5.74) is 14.7. The Morgan fingerprint density at radius 2 is 1.19 bits per heavy atom. The van der Waals surface area contributed by atoms with Gasteiger partial charge in [-0.25, -0.2) is 9.97 Å². The predicted octanol–water partition coefficient (Wildman–Crippen LogP) is 4.54. The van der Waals surface area contributed by atoms with E-state index < -0.39 is 0 Å². The highest BCUT2D eigenvalue weighted by Crippen LogP contribution is 2.29. The van der Waals surface area contributed by atoms with E-state index in [1.807, 2.05) is 70.3 Å². The Balaban J connectivity index is 0.000000153. The quantitative estimate of drug-likeness (QED) is 0.218. The number of fused-ring (bicyclic) bond motifs is 2. The minimum absolute atomic E-state index is 0.0622. The Labute approximate surface area is 228 Å². The van der Waals surface area contributed by atoms with Crippen LogP contribution in [-0.2, 0) is 25.7 Å². The summed E-state index contributed by atoms with van der Waals surface area (Å²) in [5, 5.41) is 1.90. The van der Waals surface area contributed by atoms with E-state index in [0.29, 0.717) is 25.7 Å². The lowest BCUT2D eigenvalue weighted by Crippen LogP contribution is -2.22. The number of allylic oxidation sites excluding steroid dienone is 4. The van der Waals surface area contributed by atoms with Crippen LogP contribution in [0, 0.1) is 0 Å². The molecule has 4 aromatic heterocycles. The van der Waals surface area contributed by atoms with Crippen molar-refractivity contribution in [1.82, 2.24) is 29.1 Å². The number of hydrogen-bond acceptors (Lipinski definition) is 5. The van der Waals surface area contributed by atoms with Gasteiger partial charge in [0.25, 0.3) is 5.95 Å². The number of guanidine groups is 1. The molecule has 0 bridgehead atoms. The monoisotopic (exact) mass is 553 g/mol. The van der Waals surface area contributed by atoms with Gasteiger partial charge in [0.15, 0.2) is 5.96 Å². The first kappa shape index (κ1) is 25.0. The van der Waals surface area contributed by atoms with Crippen LogP contribution in [0.1, 0.15) is 22.5 Å². The zero-order valence-corrected chi connectivity index (χ0v) is 21.8. The van der Waals surface area contributed by atoms with Gasteiger partial charge < -0.3 is 20.6 Å². The summed E-state index contributed by atoms with van der Waals surface area (Å²) in [6.07, 6.45) is 14.2. The fourth-order valence-electron chi connectivity index (χ4n) is 4.13. The van der Waals surface area contributed by atoms with Gasteiger partial charge in [0.1, 0.15) is 11.6 Å². The van der Waals surface area contributed by atoms with Gasteiger partial charge in [0.2, 0.25) is 5.28 Å². The van der Waals surface area contributed by atoms with E-state index in [9.17, 15) is 0 Å². The number of aliphatic imine (C=N–C) groups is 1. The minimum Gasteiger partial charge on any atom is -0.370 e. The van der Waals surface area contributed by atoms with Crippen molar-refractivity contribution in [3.63, 3.8) is 0 Å². The van der Waals surface area contributed by atoms with Gasteiger partial charge in [-0.15, -0.1) is 0 Å². The topological polar surface area (TPSA) is 126 Å². The van der Waals surface area contributed by atoms with Crippen LogP contribution < -0.4 is 11.5 Å². The summed E-state index contributed by atoms with van der Waals surface area (Å²) >= 11 is 18.2. The van der Waals surface area contributed by atoms with Crippen LogP contribution >= 0.6 is 34.8 Å². The van der Waals surface area contributed by atoms with E-state index in [1.54, 1.807) is 0 Å². The maximum Gasteiger partial charge on any atom is 0.254 e. The summed E-state index contributed by atoms with van der Waals surface area (Å²) in [7, 11) is 0. The third-order valence-electron chi connectivity index (χ3n) is 5.76. The van der Waals surface area contributed by atoms with E-state index in [0.717, 1.165) is 44.2 Å². The molecule has 4 aromatic rings. The molecule has 0 amide bonds. The molecule has 0 saturated heterocycles. The van der Waals surface area contributed by atoms with Crippen molar-refractivity contribution in [3.05, 3.63) is 99.1 Å². The van der Waals surface area contributed by atoms with Gasteiger partial charge in [-0.2, -0.15) is 15.0 Å². The molecule has 0 saturated carbocycles. The molecule has 37 heavy (non-hydrogen) atoms. The average molecular weight is 555 g/mol. The van der Waals surface area contributed by atoms with Crippen LogP contribution in [0.3, 0.4) is 0 Å². The lowest BCUT2D eigenvalue weighted by molar-refractivity contribution is 0.886. The molecule has 0 spiro atoms. The van der Waals surface area contributed by atoms with Crippen molar-refractivity contribution in [3.8, 4) is 11.6 Å². The summed E-state index contributed by atoms with van der Waals surface area (Å²) < 4.78 is 3.84. The highest BCUT2D eigenvalue weighted by Gasteiger charge is 2.20. The maximum absolute atomic E-state index is 6.13. The molecule has 2 aliphatic carbocycles. The van der Waals surface area contributed by atoms with Gasteiger partial charge >= 0.3 is 0 Å².